The van der Waals surface area contributed by atoms with Gasteiger partial charge in [0, 0.05) is 30.5 Å². The molecule has 0 bridgehead atoms. The zero-order chi connectivity index (χ0) is 12.6. The number of phenols is 1. The van der Waals surface area contributed by atoms with E-state index in [1.165, 1.54) is 4.90 Å². The van der Waals surface area contributed by atoms with Crippen molar-refractivity contribution in [1.29, 1.82) is 0 Å². The van der Waals surface area contributed by atoms with Gasteiger partial charge >= 0.3 is 0 Å². The molecule has 1 aliphatic heterocycles. The number of aromatic hydroxyl groups is 1. The third-order valence-electron chi connectivity index (χ3n) is 2.76. The number of nitrogens with zero attached hydrogens (tertiary/aromatic N) is 1. The van der Waals surface area contributed by atoms with E-state index in [1.807, 2.05) is 0 Å². The number of benzene rings is 1. The largest absolute Gasteiger partial charge is 0.505 e. The lowest BCUT2D eigenvalue weighted by Gasteiger charge is -2.18. The van der Waals surface area contributed by atoms with Crippen molar-refractivity contribution >= 4 is 39.1 Å². The molecule has 1 amide bonds. The number of aliphatic hydroxyl groups excluding tert-OH is 1. The predicted octanol–water partition coefficient (Wildman–Crippen LogP) is 2.15. The topological polar surface area (TPSA) is 60.8 Å². The summed E-state index contributed by atoms with van der Waals surface area (Å²) >= 11 is 9.06. The molecule has 4 nitrogen and oxygen atoms in total. The van der Waals surface area contributed by atoms with Crippen LogP contribution in [0.3, 0.4) is 0 Å². The zero-order valence-corrected chi connectivity index (χ0v) is 11.2. The molecule has 0 saturated carbocycles. The van der Waals surface area contributed by atoms with Gasteiger partial charge in [0.05, 0.1) is 10.2 Å². The van der Waals surface area contributed by atoms with Crippen LogP contribution in [0.1, 0.15) is 6.42 Å². The fourth-order valence-corrected chi connectivity index (χ4v) is 2.69. The summed E-state index contributed by atoms with van der Waals surface area (Å²) in [5.74, 6) is -0.213. The first-order chi connectivity index (χ1) is 8.02. The standard InChI is InChI=1S/C11H11BrClNO3/c12-8-2-7(13)3-9(11(8)17)14-4-6(5-15)1-10(14)16/h2-3,6,15,17H,1,4-5H2. The number of amides is 1. The molecule has 17 heavy (non-hydrogen) atoms. The van der Waals surface area contributed by atoms with Gasteiger partial charge in [0.2, 0.25) is 5.91 Å². The first kappa shape index (κ1) is 12.7. The van der Waals surface area contributed by atoms with E-state index in [9.17, 15) is 9.90 Å². The molecular weight excluding hydrogens is 309 g/mol. The Labute approximate surface area is 112 Å². The van der Waals surface area contributed by atoms with Crippen LogP contribution in [0.4, 0.5) is 5.69 Å². The summed E-state index contributed by atoms with van der Waals surface area (Å²) < 4.78 is 0.445. The molecule has 1 aromatic carbocycles. The van der Waals surface area contributed by atoms with Crippen molar-refractivity contribution in [1.82, 2.24) is 0 Å². The quantitative estimate of drug-likeness (QED) is 0.878. The first-order valence-corrected chi connectivity index (χ1v) is 6.29. The van der Waals surface area contributed by atoms with Crippen LogP contribution in [-0.2, 0) is 4.79 Å². The van der Waals surface area contributed by atoms with E-state index in [-0.39, 0.29) is 24.2 Å². The Morgan fingerprint density at radius 3 is 2.82 bits per heavy atom. The Hall–Kier alpha value is -0.780. The molecule has 1 aromatic rings. The SMILES string of the molecule is O=C1CC(CO)CN1c1cc(Cl)cc(Br)c1O. The van der Waals surface area contributed by atoms with E-state index in [4.69, 9.17) is 16.7 Å². The molecule has 0 aliphatic carbocycles. The van der Waals surface area contributed by atoms with Gasteiger partial charge in [-0.15, -0.1) is 0 Å². The molecule has 0 radical (unpaired) electrons. The van der Waals surface area contributed by atoms with Gasteiger partial charge in [-0.3, -0.25) is 4.79 Å². The van der Waals surface area contributed by atoms with Gasteiger partial charge in [-0.05, 0) is 28.1 Å². The number of carbonyl (C=O) groups excluding carboxylic acids is 1. The molecular formula is C11H11BrClNO3. The second-order valence-electron chi connectivity index (χ2n) is 4.01. The highest BCUT2D eigenvalue weighted by atomic mass is 79.9. The minimum absolute atomic E-state index is 0.0126. The summed E-state index contributed by atoms with van der Waals surface area (Å²) in [6.07, 6.45) is 0.292. The molecule has 0 aromatic heterocycles. The molecule has 92 valence electrons. The molecule has 2 N–H and O–H groups in total. The van der Waals surface area contributed by atoms with Crippen LogP contribution in [0.5, 0.6) is 5.75 Å². The van der Waals surface area contributed by atoms with Gasteiger partial charge in [-0.25, -0.2) is 0 Å². The zero-order valence-electron chi connectivity index (χ0n) is 8.86. The first-order valence-electron chi connectivity index (χ1n) is 5.12. The highest BCUT2D eigenvalue weighted by Crippen LogP contribution is 2.39. The van der Waals surface area contributed by atoms with E-state index >= 15 is 0 Å². The van der Waals surface area contributed by atoms with Gasteiger partial charge in [0.1, 0.15) is 0 Å². The van der Waals surface area contributed by atoms with Crippen LogP contribution in [0.25, 0.3) is 0 Å². The number of hydrogen-bond acceptors (Lipinski definition) is 3. The van der Waals surface area contributed by atoms with Crippen molar-refractivity contribution < 1.29 is 15.0 Å². The molecule has 0 spiro atoms. The Bertz CT molecular complexity index is 466. The number of phenolic OH excluding ortho intramolecular Hbond substituents is 1. The normalized spacial score (nSPS) is 20.1. The summed E-state index contributed by atoms with van der Waals surface area (Å²) in [4.78, 5) is 13.2. The van der Waals surface area contributed by atoms with Crippen LogP contribution in [0.15, 0.2) is 16.6 Å². The van der Waals surface area contributed by atoms with Crippen LogP contribution in [0.2, 0.25) is 5.02 Å². The summed E-state index contributed by atoms with van der Waals surface area (Å²) in [7, 11) is 0. The predicted molar refractivity (Wildman–Crippen MR) is 68.4 cm³/mol. The fraction of sp³-hybridized carbons (Fsp3) is 0.364. The number of hydrogen-bond donors (Lipinski definition) is 2. The summed E-state index contributed by atoms with van der Waals surface area (Å²) in [6.45, 7) is 0.362. The van der Waals surface area contributed by atoms with Gasteiger partial charge < -0.3 is 15.1 Å². The lowest BCUT2D eigenvalue weighted by atomic mass is 10.1. The van der Waals surface area contributed by atoms with E-state index in [0.29, 0.717) is 28.1 Å². The maximum atomic E-state index is 11.8. The van der Waals surface area contributed by atoms with Crippen molar-refractivity contribution in [2.75, 3.05) is 18.1 Å². The second-order valence-corrected chi connectivity index (χ2v) is 5.30. The van der Waals surface area contributed by atoms with Crippen LogP contribution >= 0.6 is 27.5 Å². The molecule has 1 aliphatic rings. The lowest BCUT2D eigenvalue weighted by Crippen LogP contribution is -2.25. The number of rotatable bonds is 2. The third kappa shape index (κ3) is 2.41. The van der Waals surface area contributed by atoms with Crippen molar-refractivity contribution in [3.63, 3.8) is 0 Å². The monoisotopic (exact) mass is 319 g/mol. The minimum atomic E-state index is -0.117. The van der Waals surface area contributed by atoms with Gasteiger partial charge in [0.15, 0.2) is 5.75 Å². The van der Waals surface area contributed by atoms with Crippen LogP contribution < -0.4 is 4.90 Å². The summed E-state index contributed by atoms with van der Waals surface area (Å²) in [5.41, 5.74) is 0.380. The number of carbonyl (C=O) groups is 1. The molecule has 1 atom stereocenters. The molecule has 1 fully saturated rings. The Balaban J connectivity index is 2.38. The third-order valence-corrected chi connectivity index (χ3v) is 3.58. The van der Waals surface area contributed by atoms with E-state index < -0.39 is 0 Å². The number of anilines is 1. The van der Waals surface area contributed by atoms with E-state index in [2.05, 4.69) is 15.9 Å². The number of aliphatic hydroxyl groups is 1. The summed E-state index contributed by atoms with van der Waals surface area (Å²) in [6, 6.07) is 3.10. The molecule has 1 heterocycles. The van der Waals surface area contributed by atoms with Crippen molar-refractivity contribution in [3.05, 3.63) is 21.6 Å². The van der Waals surface area contributed by atoms with E-state index in [0.717, 1.165) is 0 Å². The Morgan fingerprint density at radius 1 is 1.53 bits per heavy atom. The van der Waals surface area contributed by atoms with Crippen molar-refractivity contribution in [2.24, 2.45) is 5.92 Å². The second kappa shape index (κ2) is 4.84. The maximum absolute atomic E-state index is 11.8. The molecule has 1 unspecified atom stereocenters. The van der Waals surface area contributed by atoms with E-state index in [1.54, 1.807) is 12.1 Å². The van der Waals surface area contributed by atoms with Crippen LogP contribution in [0, 0.1) is 5.92 Å². The smallest absolute Gasteiger partial charge is 0.227 e. The highest BCUT2D eigenvalue weighted by Gasteiger charge is 2.32. The molecule has 6 heteroatoms. The lowest BCUT2D eigenvalue weighted by molar-refractivity contribution is -0.117. The summed E-state index contributed by atoms with van der Waals surface area (Å²) in [5, 5.41) is 19.4. The fourth-order valence-electron chi connectivity index (χ4n) is 1.89. The number of halogens is 2. The van der Waals surface area contributed by atoms with Crippen molar-refractivity contribution in [2.45, 2.75) is 6.42 Å². The van der Waals surface area contributed by atoms with Gasteiger partial charge in [0.25, 0.3) is 0 Å². The maximum Gasteiger partial charge on any atom is 0.227 e. The Morgan fingerprint density at radius 2 is 2.24 bits per heavy atom. The highest BCUT2D eigenvalue weighted by molar-refractivity contribution is 9.10. The molecule has 2 rings (SSSR count). The minimum Gasteiger partial charge on any atom is -0.505 e. The Kier molecular flexibility index (Phi) is 3.61. The van der Waals surface area contributed by atoms with Crippen LogP contribution in [-0.4, -0.2) is 29.3 Å². The molecule has 1 saturated heterocycles. The average molecular weight is 321 g/mol. The van der Waals surface area contributed by atoms with Gasteiger partial charge in [-0.1, -0.05) is 11.6 Å². The average Bonchev–Trinajstić information content (AvgIpc) is 2.65. The van der Waals surface area contributed by atoms with Crippen molar-refractivity contribution in [3.8, 4) is 5.75 Å². The van der Waals surface area contributed by atoms with Gasteiger partial charge in [-0.2, -0.15) is 0 Å².